The van der Waals surface area contributed by atoms with Gasteiger partial charge in [-0.05, 0) is 38.8 Å². The van der Waals surface area contributed by atoms with Gasteiger partial charge in [0.2, 0.25) is 0 Å². The molecule has 0 radical (unpaired) electrons. The molecule has 0 aliphatic carbocycles. The standard InChI is InChI=1S/C15H17N3O/c1-9-5-10(2)14(11(3)6-9)18-15(19)13-8-16-12(4)7-17-13/h5-8H,1-4H3,(H,18,19). The van der Waals surface area contributed by atoms with E-state index in [1.165, 1.54) is 11.8 Å². The molecule has 1 aromatic heterocycles. The number of amides is 1. The fraction of sp³-hybridized carbons (Fsp3) is 0.267. The van der Waals surface area contributed by atoms with Crippen molar-refractivity contribution >= 4 is 11.6 Å². The van der Waals surface area contributed by atoms with Gasteiger partial charge in [0.15, 0.2) is 0 Å². The van der Waals surface area contributed by atoms with E-state index in [9.17, 15) is 4.79 Å². The van der Waals surface area contributed by atoms with Crippen molar-refractivity contribution in [2.24, 2.45) is 0 Å². The van der Waals surface area contributed by atoms with Gasteiger partial charge in [0.25, 0.3) is 5.91 Å². The molecular weight excluding hydrogens is 238 g/mol. The minimum absolute atomic E-state index is 0.234. The zero-order valence-corrected chi connectivity index (χ0v) is 11.6. The van der Waals surface area contributed by atoms with Gasteiger partial charge in [-0.1, -0.05) is 17.7 Å². The van der Waals surface area contributed by atoms with Gasteiger partial charge in [0, 0.05) is 11.9 Å². The number of nitrogens with zero attached hydrogens (tertiary/aromatic N) is 2. The second kappa shape index (κ2) is 5.18. The van der Waals surface area contributed by atoms with Gasteiger partial charge in [-0.25, -0.2) is 4.98 Å². The van der Waals surface area contributed by atoms with Crippen LogP contribution in [0, 0.1) is 27.7 Å². The van der Waals surface area contributed by atoms with Crippen molar-refractivity contribution in [2.45, 2.75) is 27.7 Å². The zero-order chi connectivity index (χ0) is 14.0. The van der Waals surface area contributed by atoms with Crippen molar-refractivity contribution in [3.63, 3.8) is 0 Å². The van der Waals surface area contributed by atoms with E-state index in [4.69, 9.17) is 0 Å². The summed E-state index contributed by atoms with van der Waals surface area (Å²) in [7, 11) is 0. The van der Waals surface area contributed by atoms with Crippen LogP contribution in [0.25, 0.3) is 0 Å². The van der Waals surface area contributed by atoms with Gasteiger partial charge in [-0.15, -0.1) is 0 Å². The molecular formula is C15H17N3O. The molecule has 0 aliphatic rings. The van der Waals surface area contributed by atoms with Gasteiger partial charge in [0.05, 0.1) is 11.9 Å². The molecule has 1 heterocycles. The molecule has 2 rings (SSSR count). The van der Waals surface area contributed by atoms with E-state index in [2.05, 4.69) is 15.3 Å². The average Bonchev–Trinajstić information content (AvgIpc) is 2.34. The molecule has 0 bridgehead atoms. The maximum absolute atomic E-state index is 12.1. The Kier molecular flexibility index (Phi) is 3.60. The van der Waals surface area contributed by atoms with Crippen LogP contribution < -0.4 is 5.32 Å². The molecule has 4 heteroatoms. The Hall–Kier alpha value is -2.23. The third-order valence-electron chi connectivity index (χ3n) is 2.93. The van der Waals surface area contributed by atoms with Gasteiger partial charge in [-0.2, -0.15) is 0 Å². The van der Waals surface area contributed by atoms with Crippen LogP contribution in [0.15, 0.2) is 24.5 Å². The Bertz CT molecular complexity index is 595. The van der Waals surface area contributed by atoms with Gasteiger partial charge in [-0.3, -0.25) is 9.78 Å². The summed E-state index contributed by atoms with van der Waals surface area (Å²) in [6.07, 6.45) is 3.08. The Morgan fingerprint density at radius 3 is 2.16 bits per heavy atom. The predicted octanol–water partition coefficient (Wildman–Crippen LogP) is 2.96. The molecule has 0 spiro atoms. The largest absolute Gasteiger partial charge is 0.320 e. The lowest BCUT2D eigenvalue weighted by Crippen LogP contribution is -2.15. The van der Waals surface area contributed by atoms with E-state index in [1.807, 2.05) is 39.8 Å². The first-order valence-electron chi connectivity index (χ1n) is 6.15. The lowest BCUT2D eigenvalue weighted by atomic mass is 10.1. The molecule has 1 aromatic carbocycles. The minimum Gasteiger partial charge on any atom is -0.320 e. The molecule has 0 atom stereocenters. The molecule has 2 aromatic rings. The number of aryl methyl sites for hydroxylation is 4. The second-order valence-corrected chi connectivity index (χ2v) is 4.77. The van der Waals surface area contributed by atoms with Crippen LogP contribution in [-0.4, -0.2) is 15.9 Å². The summed E-state index contributed by atoms with van der Waals surface area (Å²) in [6, 6.07) is 4.09. The molecule has 0 aliphatic heterocycles. The highest BCUT2D eigenvalue weighted by Gasteiger charge is 2.11. The highest BCUT2D eigenvalue weighted by Crippen LogP contribution is 2.22. The predicted molar refractivity (Wildman–Crippen MR) is 75.4 cm³/mol. The second-order valence-electron chi connectivity index (χ2n) is 4.77. The van der Waals surface area contributed by atoms with Crippen molar-refractivity contribution in [1.29, 1.82) is 0 Å². The molecule has 0 saturated heterocycles. The van der Waals surface area contributed by atoms with Gasteiger partial charge < -0.3 is 5.32 Å². The number of nitrogens with one attached hydrogen (secondary N) is 1. The Morgan fingerprint density at radius 1 is 1.00 bits per heavy atom. The van der Waals surface area contributed by atoms with Crippen LogP contribution in [0.1, 0.15) is 32.9 Å². The summed E-state index contributed by atoms with van der Waals surface area (Å²) in [5.41, 5.74) is 5.24. The monoisotopic (exact) mass is 255 g/mol. The molecule has 4 nitrogen and oxygen atoms in total. The van der Waals surface area contributed by atoms with Crippen molar-refractivity contribution in [2.75, 3.05) is 5.32 Å². The molecule has 98 valence electrons. The number of aromatic nitrogens is 2. The third-order valence-corrected chi connectivity index (χ3v) is 2.93. The van der Waals surface area contributed by atoms with Crippen LogP contribution in [0.2, 0.25) is 0 Å². The maximum atomic E-state index is 12.1. The number of rotatable bonds is 2. The number of carbonyl (C=O) groups excluding carboxylic acids is 1. The summed E-state index contributed by atoms with van der Waals surface area (Å²) in [5, 5.41) is 2.90. The van der Waals surface area contributed by atoms with Crippen molar-refractivity contribution in [3.05, 3.63) is 52.6 Å². The minimum atomic E-state index is -0.234. The number of hydrogen-bond donors (Lipinski definition) is 1. The van der Waals surface area contributed by atoms with E-state index in [-0.39, 0.29) is 5.91 Å². The van der Waals surface area contributed by atoms with Crippen molar-refractivity contribution in [1.82, 2.24) is 9.97 Å². The normalized spacial score (nSPS) is 10.3. The lowest BCUT2D eigenvalue weighted by molar-refractivity contribution is 0.102. The lowest BCUT2D eigenvalue weighted by Gasteiger charge is -2.12. The quantitative estimate of drug-likeness (QED) is 0.897. The molecule has 1 amide bonds. The number of hydrogen-bond acceptors (Lipinski definition) is 3. The van der Waals surface area contributed by atoms with Crippen molar-refractivity contribution < 1.29 is 4.79 Å². The fourth-order valence-electron chi connectivity index (χ4n) is 2.06. The highest BCUT2D eigenvalue weighted by molar-refractivity contribution is 6.03. The smallest absolute Gasteiger partial charge is 0.275 e. The van der Waals surface area contributed by atoms with E-state index < -0.39 is 0 Å². The Labute approximate surface area is 112 Å². The molecule has 0 unspecified atom stereocenters. The summed E-state index contributed by atoms with van der Waals surface area (Å²) >= 11 is 0. The summed E-state index contributed by atoms with van der Waals surface area (Å²) in [4.78, 5) is 20.3. The zero-order valence-electron chi connectivity index (χ0n) is 11.6. The summed E-state index contributed by atoms with van der Waals surface area (Å²) < 4.78 is 0. The molecule has 0 fully saturated rings. The van der Waals surface area contributed by atoms with E-state index in [1.54, 1.807) is 6.20 Å². The van der Waals surface area contributed by atoms with Gasteiger partial charge in [0.1, 0.15) is 5.69 Å². The van der Waals surface area contributed by atoms with Crippen LogP contribution in [0.5, 0.6) is 0 Å². The van der Waals surface area contributed by atoms with Crippen LogP contribution in [-0.2, 0) is 0 Å². The van der Waals surface area contributed by atoms with Gasteiger partial charge >= 0.3 is 0 Å². The van der Waals surface area contributed by atoms with E-state index in [0.29, 0.717) is 5.69 Å². The highest BCUT2D eigenvalue weighted by atomic mass is 16.1. The first-order valence-corrected chi connectivity index (χ1v) is 6.15. The topological polar surface area (TPSA) is 54.9 Å². The third kappa shape index (κ3) is 2.96. The Morgan fingerprint density at radius 2 is 1.63 bits per heavy atom. The van der Waals surface area contributed by atoms with Crippen molar-refractivity contribution in [3.8, 4) is 0 Å². The van der Waals surface area contributed by atoms with Crippen LogP contribution >= 0.6 is 0 Å². The first kappa shape index (κ1) is 13.2. The summed E-state index contributed by atoms with van der Waals surface area (Å²) in [6.45, 7) is 7.84. The Balaban J connectivity index is 2.26. The van der Waals surface area contributed by atoms with Crippen LogP contribution in [0.3, 0.4) is 0 Å². The molecule has 19 heavy (non-hydrogen) atoms. The fourth-order valence-corrected chi connectivity index (χ4v) is 2.06. The average molecular weight is 255 g/mol. The van der Waals surface area contributed by atoms with E-state index >= 15 is 0 Å². The van der Waals surface area contributed by atoms with Crippen LogP contribution in [0.4, 0.5) is 5.69 Å². The number of benzene rings is 1. The molecule has 0 saturated carbocycles. The SMILES string of the molecule is Cc1cc(C)c(NC(=O)c2cnc(C)cn2)c(C)c1. The van der Waals surface area contributed by atoms with E-state index in [0.717, 1.165) is 22.5 Å². The number of anilines is 1. The summed E-state index contributed by atoms with van der Waals surface area (Å²) in [5.74, 6) is -0.234. The number of carbonyl (C=O) groups is 1. The first-order chi connectivity index (χ1) is 8.97. The molecule has 1 N–H and O–H groups in total. The maximum Gasteiger partial charge on any atom is 0.275 e.